The first-order valence-electron chi connectivity index (χ1n) is 13.2. The summed E-state index contributed by atoms with van der Waals surface area (Å²) in [7, 11) is 1.65. The molecule has 1 fully saturated rings. The molecule has 0 radical (unpaired) electrons. The van der Waals surface area contributed by atoms with Gasteiger partial charge in [-0.2, -0.15) is 5.10 Å². The van der Waals surface area contributed by atoms with Crippen LogP contribution >= 0.6 is 0 Å². The molecule has 1 saturated carbocycles. The average Bonchev–Trinajstić information content (AvgIpc) is 3.65. The second-order valence-corrected chi connectivity index (χ2v) is 9.76. The number of amides is 2. The number of rotatable bonds is 9. The standard InChI is InChI=1S/C29H33N5O4/c1-3-20-15-27(35)34(17-19-7-6-8-22(13-19)32-29(36)24-16-30-18-31-24)33-28(20)21-11-12-25(37-2)26(14-21)38-23-9-4-5-10-23/h6-8,11-14,16,18,20,23H,3-5,9-10,15,17H2,1-2H3,(H,30,31)(H,32,36). The number of nitrogens with one attached hydrogen (secondary N) is 2. The Bertz CT molecular complexity index is 1310. The molecule has 1 aliphatic heterocycles. The fraction of sp³-hybridized carbons (Fsp3) is 0.379. The maximum absolute atomic E-state index is 13.1. The van der Waals surface area contributed by atoms with Gasteiger partial charge in [0.05, 0.1) is 38.0 Å². The number of aromatic amines is 1. The number of anilines is 1. The van der Waals surface area contributed by atoms with Gasteiger partial charge in [-0.1, -0.05) is 19.1 Å². The van der Waals surface area contributed by atoms with Gasteiger partial charge in [0.2, 0.25) is 5.91 Å². The van der Waals surface area contributed by atoms with Gasteiger partial charge in [0.1, 0.15) is 5.69 Å². The highest BCUT2D eigenvalue weighted by molar-refractivity contribution is 6.06. The van der Waals surface area contributed by atoms with E-state index in [1.807, 2.05) is 36.4 Å². The Balaban J connectivity index is 1.38. The zero-order valence-corrected chi connectivity index (χ0v) is 21.8. The topological polar surface area (TPSA) is 109 Å². The Morgan fingerprint density at radius 3 is 2.74 bits per heavy atom. The van der Waals surface area contributed by atoms with Crippen LogP contribution in [0, 0.1) is 5.92 Å². The molecule has 2 amide bonds. The van der Waals surface area contributed by atoms with Gasteiger partial charge in [0.15, 0.2) is 11.5 Å². The molecule has 1 unspecified atom stereocenters. The van der Waals surface area contributed by atoms with Crippen molar-refractivity contribution in [2.45, 2.75) is 58.1 Å². The van der Waals surface area contributed by atoms with Gasteiger partial charge in [-0.25, -0.2) is 9.99 Å². The minimum absolute atomic E-state index is 0.0199. The lowest BCUT2D eigenvalue weighted by molar-refractivity contribution is -0.133. The van der Waals surface area contributed by atoms with E-state index in [2.05, 4.69) is 22.2 Å². The summed E-state index contributed by atoms with van der Waals surface area (Å²) in [4.78, 5) is 32.1. The van der Waals surface area contributed by atoms with Gasteiger partial charge in [0.25, 0.3) is 5.91 Å². The minimum atomic E-state index is -0.282. The summed E-state index contributed by atoms with van der Waals surface area (Å²) in [5, 5.41) is 9.23. The van der Waals surface area contributed by atoms with E-state index < -0.39 is 0 Å². The van der Waals surface area contributed by atoms with Gasteiger partial charge in [-0.3, -0.25) is 9.59 Å². The molecule has 198 valence electrons. The third-order valence-electron chi connectivity index (χ3n) is 7.13. The molecule has 2 N–H and O–H groups in total. The number of hydrogen-bond acceptors (Lipinski definition) is 6. The quantitative estimate of drug-likeness (QED) is 0.409. The summed E-state index contributed by atoms with van der Waals surface area (Å²) in [6.45, 7) is 2.38. The van der Waals surface area contributed by atoms with Crippen LogP contribution in [0.4, 0.5) is 5.69 Å². The number of carbonyl (C=O) groups excluding carboxylic acids is 2. The van der Waals surface area contributed by atoms with E-state index in [-0.39, 0.29) is 23.8 Å². The Labute approximate surface area is 222 Å². The SMILES string of the molecule is CCC1CC(=O)N(Cc2cccc(NC(=O)c3cnc[nH]3)c2)N=C1c1ccc(OC)c(OC2CCCC2)c1. The fourth-order valence-electron chi connectivity index (χ4n) is 5.05. The molecule has 2 aliphatic rings. The summed E-state index contributed by atoms with van der Waals surface area (Å²) in [6, 6.07) is 13.3. The monoisotopic (exact) mass is 515 g/mol. The molecule has 2 heterocycles. The van der Waals surface area contributed by atoms with Crippen molar-refractivity contribution in [2.75, 3.05) is 12.4 Å². The lowest BCUT2D eigenvalue weighted by Crippen LogP contribution is -2.36. The van der Waals surface area contributed by atoms with Crippen LogP contribution in [-0.2, 0) is 11.3 Å². The molecule has 3 aromatic rings. The van der Waals surface area contributed by atoms with Crippen LogP contribution < -0.4 is 14.8 Å². The van der Waals surface area contributed by atoms with Crippen LogP contribution in [-0.4, -0.2) is 45.7 Å². The third-order valence-corrected chi connectivity index (χ3v) is 7.13. The van der Waals surface area contributed by atoms with E-state index >= 15 is 0 Å². The summed E-state index contributed by atoms with van der Waals surface area (Å²) in [6.07, 6.45) is 8.78. The van der Waals surface area contributed by atoms with E-state index in [4.69, 9.17) is 14.6 Å². The number of H-pyrrole nitrogens is 1. The maximum atomic E-state index is 13.1. The van der Waals surface area contributed by atoms with Gasteiger partial charge < -0.3 is 19.8 Å². The first-order chi connectivity index (χ1) is 18.5. The molecule has 0 spiro atoms. The number of hydrazone groups is 1. The van der Waals surface area contributed by atoms with Crippen molar-refractivity contribution in [1.29, 1.82) is 0 Å². The van der Waals surface area contributed by atoms with Crippen molar-refractivity contribution in [3.8, 4) is 11.5 Å². The number of ether oxygens (including phenoxy) is 2. The smallest absolute Gasteiger partial charge is 0.273 e. The van der Waals surface area contributed by atoms with Crippen LogP contribution in [0.5, 0.6) is 11.5 Å². The number of methoxy groups -OCH3 is 1. The average molecular weight is 516 g/mol. The Hall–Kier alpha value is -4.14. The molecule has 9 nitrogen and oxygen atoms in total. The Morgan fingerprint density at radius 2 is 2.00 bits per heavy atom. The molecule has 1 aromatic heterocycles. The highest BCUT2D eigenvalue weighted by Crippen LogP contribution is 2.34. The molecule has 38 heavy (non-hydrogen) atoms. The van der Waals surface area contributed by atoms with Crippen LogP contribution in [0.15, 0.2) is 60.1 Å². The molecule has 0 bridgehead atoms. The number of aromatic nitrogens is 2. The molecule has 0 saturated heterocycles. The first kappa shape index (κ1) is 25.5. The zero-order chi connectivity index (χ0) is 26.5. The molecule has 1 atom stereocenters. The van der Waals surface area contributed by atoms with E-state index in [1.165, 1.54) is 30.4 Å². The predicted molar refractivity (Wildman–Crippen MR) is 144 cm³/mol. The van der Waals surface area contributed by atoms with E-state index in [9.17, 15) is 9.59 Å². The van der Waals surface area contributed by atoms with E-state index in [0.29, 0.717) is 30.1 Å². The second-order valence-electron chi connectivity index (χ2n) is 9.76. The molecule has 2 aromatic carbocycles. The highest BCUT2D eigenvalue weighted by atomic mass is 16.5. The number of nitrogens with zero attached hydrogens (tertiary/aromatic N) is 3. The maximum Gasteiger partial charge on any atom is 0.273 e. The predicted octanol–water partition coefficient (Wildman–Crippen LogP) is 5.15. The van der Waals surface area contributed by atoms with Gasteiger partial charge in [0, 0.05) is 23.6 Å². The van der Waals surface area contributed by atoms with Crippen molar-refractivity contribution in [3.05, 3.63) is 71.8 Å². The largest absolute Gasteiger partial charge is 0.493 e. The summed E-state index contributed by atoms with van der Waals surface area (Å²) >= 11 is 0. The van der Waals surface area contributed by atoms with Crippen molar-refractivity contribution in [1.82, 2.24) is 15.0 Å². The third kappa shape index (κ3) is 5.72. The zero-order valence-electron chi connectivity index (χ0n) is 21.8. The number of imidazole rings is 1. The Morgan fingerprint density at radius 1 is 1.16 bits per heavy atom. The minimum Gasteiger partial charge on any atom is -0.493 e. The summed E-state index contributed by atoms with van der Waals surface area (Å²) in [5.41, 5.74) is 3.67. The number of benzene rings is 2. The lowest BCUT2D eigenvalue weighted by Gasteiger charge is -2.29. The Kier molecular flexibility index (Phi) is 7.72. The van der Waals surface area contributed by atoms with Crippen molar-refractivity contribution >= 4 is 23.2 Å². The summed E-state index contributed by atoms with van der Waals surface area (Å²) < 4.78 is 11.9. The van der Waals surface area contributed by atoms with Gasteiger partial charge in [-0.05, 0) is 68.0 Å². The molecule has 5 rings (SSSR count). The van der Waals surface area contributed by atoms with E-state index in [0.717, 1.165) is 41.9 Å². The number of hydrogen-bond donors (Lipinski definition) is 2. The van der Waals surface area contributed by atoms with Crippen molar-refractivity contribution in [2.24, 2.45) is 11.0 Å². The molecular formula is C29H33N5O4. The van der Waals surface area contributed by atoms with Crippen LogP contribution in [0.3, 0.4) is 0 Å². The fourth-order valence-corrected chi connectivity index (χ4v) is 5.05. The van der Waals surface area contributed by atoms with Crippen molar-refractivity contribution < 1.29 is 19.1 Å². The van der Waals surface area contributed by atoms with Gasteiger partial charge >= 0.3 is 0 Å². The second kappa shape index (κ2) is 11.5. The number of carbonyl (C=O) groups is 2. The van der Waals surface area contributed by atoms with Crippen LogP contribution in [0.1, 0.15) is 67.1 Å². The molecule has 9 heteroatoms. The molecule has 1 aliphatic carbocycles. The van der Waals surface area contributed by atoms with E-state index in [1.54, 1.807) is 13.2 Å². The van der Waals surface area contributed by atoms with Gasteiger partial charge in [-0.15, -0.1) is 0 Å². The summed E-state index contributed by atoms with van der Waals surface area (Å²) in [5.74, 6) is 1.13. The molecular weight excluding hydrogens is 482 g/mol. The lowest BCUT2D eigenvalue weighted by atomic mass is 9.89. The first-order valence-corrected chi connectivity index (χ1v) is 13.2. The highest BCUT2D eigenvalue weighted by Gasteiger charge is 2.30. The normalized spacial score (nSPS) is 17.8. The van der Waals surface area contributed by atoms with Crippen molar-refractivity contribution in [3.63, 3.8) is 0 Å². The van der Waals surface area contributed by atoms with Crippen LogP contribution in [0.25, 0.3) is 0 Å². The van der Waals surface area contributed by atoms with Crippen LogP contribution in [0.2, 0.25) is 0 Å².